The molecule has 0 N–H and O–H groups in total. The van der Waals surface area contributed by atoms with Crippen molar-refractivity contribution in [2.45, 2.75) is 4.90 Å². The lowest BCUT2D eigenvalue weighted by molar-refractivity contribution is 0.213. The van der Waals surface area contributed by atoms with Crippen LogP contribution >= 0.6 is 0 Å². The van der Waals surface area contributed by atoms with Crippen molar-refractivity contribution in [2.24, 2.45) is 0 Å². The molecule has 2 aliphatic heterocycles. The molecule has 2 amide bonds. The predicted octanol–water partition coefficient (Wildman–Crippen LogP) is 2.08. The molecule has 8 nitrogen and oxygen atoms in total. The number of fused-ring (bicyclic) bond motifs is 1. The van der Waals surface area contributed by atoms with E-state index < -0.39 is 16.1 Å². The van der Waals surface area contributed by atoms with Crippen molar-refractivity contribution in [3.8, 4) is 5.75 Å². The summed E-state index contributed by atoms with van der Waals surface area (Å²) < 4.78 is 32.4. The summed E-state index contributed by atoms with van der Waals surface area (Å²) in [6, 6.07) is 14.0. The first-order chi connectivity index (χ1) is 14.4. The van der Waals surface area contributed by atoms with Gasteiger partial charge in [0.25, 0.3) is 10.0 Å². The molecular weight excluding hydrogens is 404 g/mol. The van der Waals surface area contributed by atoms with Crippen LogP contribution in [0, 0.1) is 0 Å². The van der Waals surface area contributed by atoms with Crippen molar-refractivity contribution >= 4 is 27.4 Å². The summed E-state index contributed by atoms with van der Waals surface area (Å²) in [5.74, 6) is 0.845. The maximum atomic E-state index is 13.0. The van der Waals surface area contributed by atoms with Gasteiger partial charge in [0, 0.05) is 39.8 Å². The van der Waals surface area contributed by atoms with Gasteiger partial charge in [-0.3, -0.25) is 9.80 Å². The van der Waals surface area contributed by atoms with Crippen LogP contribution in [0.2, 0.25) is 0 Å². The van der Waals surface area contributed by atoms with E-state index in [1.54, 1.807) is 38.4 Å². The van der Waals surface area contributed by atoms with E-state index in [1.807, 2.05) is 24.3 Å². The standard InChI is InChI=1S/C21H26N4O4S/c1-22-18-8-4-6-10-20(18)30(27,28)25(21(22)26)16-13-23-11-14-24(15-12-23)17-7-3-5-9-19(17)29-2/h3-10H,11-16H2,1-2H3. The first-order valence-electron chi connectivity index (χ1n) is 9.93. The van der Waals surface area contributed by atoms with Crippen LogP contribution in [0.3, 0.4) is 0 Å². The molecule has 2 aliphatic rings. The zero-order valence-corrected chi connectivity index (χ0v) is 18.0. The number of methoxy groups -OCH3 is 1. The molecule has 0 spiro atoms. The number of carbonyl (C=O) groups is 1. The Hall–Kier alpha value is -2.78. The van der Waals surface area contributed by atoms with Gasteiger partial charge in [0.2, 0.25) is 0 Å². The Morgan fingerprint density at radius 1 is 0.900 bits per heavy atom. The Morgan fingerprint density at radius 3 is 2.23 bits per heavy atom. The molecule has 0 bridgehead atoms. The molecule has 0 aromatic heterocycles. The number of piperazine rings is 1. The first kappa shape index (κ1) is 20.5. The van der Waals surface area contributed by atoms with E-state index in [0.717, 1.165) is 41.9 Å². The van der Waals surface area contributed by atoms with E-state index >= 15 is 0 Å². The lowest BCUT2D eigenvalue weighted by Gasteiger charge is -2.38. The zero-order valence-electron chi connectivity index (χ0n) is 17.2. The van der Waals surface area contributed by atoms with Gasteiger partial charge in [-0.15, -0.1) is 0 Å². The van der Waals surface area contributed by atoms with Crippen LogP contribution in [0.15, 0.2) is 53.4 Å². The number of benzene rings is 2. The number of hydrogen-bond acceptors (Lipinski definition) is 6. The van der Waals surface area contributed by atoms with E-state index in [4.69, 9.17) is 4.74 Å². The number of para-hydroxylation sites is 3. The largest absolute Gasteiger partial charge is 0.495 e. The maximum Gasteiger partial charge on any atom is 0.338 e. The van der Waals surface area contributed by atoms with E-state index in [-0.39, 0.29) is 11.4 Å². The molecule has 0 atom stereocenters. The highest BCUT2D eigenvalue weighted by molar-refractivity contribution is 7.90. The molecule has 0 radical (unpaired) electrons. The lowest BCUT2D eigenvalue weighted by Crippen LogP contribution is -2.53. The summed E-state index contributed by atoms with van der Waals surface area (Å²) in [6.07, 6.45) is 0. The van der Waals surface area contributed by atoms with Gasteiger partial charge in [-0.25, -0.2) is 17.5 Å². The van der Waals surface area contributed by atoms with Crippen molar-refractivity contribution < 1.29 is 17.9 Å². The maximum absolute atomic E-state index is 13.0. The summed E-state index contributed by atoms with van der Waals surface area (Å²) in [6.45, 7) is 3.82. The number of rotatable bonds is 5. The van der Waals surface area contributed by atoms with Crippen LogP contribution in [-0.2, 0) is 10.0 Å². The van der Waals surface area contributed by atoms with Gasteiger partial charge in [-0.2, -0.15) is 0 Å². The predicted molar refractivity (Wildman–Crippen MR) is 116 cm³/mol. The number of nitrogens with zero attached hydrogens (tertiary/aromatic N) is 4. The Bertz CT molecular complexity index is 1030. The van der Waals surface area contributed by atoms with Crippen molar-refractivity contribution in [3.05, 3.63) is 48.5 Å². The van der Waals surface area contributed by atoms with Gasteiger partial charge in [0.1, 0.15) is 10.6 Å². The Labute approximate surface area is 177 Å². The normalized spacial score (nSPS) is 19.0. The van der Waals surface area contributed by atoms with E-state index in [1.165, 1.54) is 4.90 Å². The van der Waals surface area contributed by atoms with Crippen LogP contribution in [0.4, 0.5) is 16.2 Å². The van der Waals surface area contributed by atoms with Gasteiger partial charge in [0.15, 0.2) is 0 Å². The quantitative estimate of drug-likeness (QED) is 0.723. The minimum atomic E-state index is -3.84. The van der Waals surface area contributed by atoms with Crippen LogP contribution in [-0.4, -0.2) is 77.1 Å². The molecule has 160 valence electrons. The van der Waals surface area contributed by atoms with Crippen LogP contribution in [0.5, 0.6) is 5.75 Å². The Kier molecular flexibility index (Phi) is 5.57. The highest BCUT2D eigenvalue weighted by atomic mass is 32.2. The number of carbonyl (C=O) groups excluding carboxylic acids is 1. The van der Waals surface area contributed by atoms with E-state index in [2.05, 4.69) is 9.80 Å². The molecule has 1 fully saturated rings. The van der Waals surface area contributed by atoms with Crippen LogP contribution in [0.25, 0.3) is 0 Å². The topological polar surface area (TPSA) is 73.4 Å². The summed E-state index contributed by atoms with van der Waals surface area (Å²) in [5, 5.41) is 0. The zero-order chi connectivity index (χ0) is 21.3. The van der Waals surface area contributed by atoms with Crippen LogP contribution in [0.1, 0.15) is 0 Å². The molecule has 0 aliphatic carbocycles. The van der Waals surface area contributed by atoms with E-state index in [9.17, 15) is 13.2 Å². The molecule has 0 unspecified atom stereocenters. The molecular formula is C21H26N4O4S. The van der Waals surface area contributed by atoms with Gasteiger partial charge in [0.05, 0.1) is 25.0 Å². The second-order valence-corrected chi connectivity index (χ2v) is 9.22. The van der Waals surface area contributed by atoms with Crippen LogP contribution < -0.4 is 14.5 Å². The molecule has 2 heterocycles. The van der Waals surface area contributed by atoms with Crippen molar-refractivity contribution in [1.82, 2.24) is 9.21 Å². The van der Waals surface area contributed by atoms with Crippen molar-refractivity contribution in [1.29, 1.82) is 0 Å². The summed E-state index contributed by atoms with van der Waals surface area (Å²) in [7, 11) is -0.567. The molecule has 0 saturated carbocycles. The lowest BCUT2D eigenvalue weighted by atomic mass is 10.2. The molecule has 4 rings (SSSR count). The second-order valence-electron chi connectivity index (χ2n) is 7.39. The monoisotopic (exact) mass is 430 g/mol. The summed E-state index contributed by atoms with van der Waals surface area (Å²) in [5.41, 5.74) is 1.48. The third-order valence-corrected chi connectivity index (χ3v) is 7.53. The minimum absolute atomic E-state index is 0.133. The highest BCUT2D eigenvalue weighted by Gasteiger charge is 2.39. The van der Waals surface area contributed by atoms with Gasteiger partial charge in [-0.1, -0.05) is 24.3 Å². The Morgan fingerprint density at radius 2 is 1.53 bits per heavy atom. The molecule has 9 heteroatoms. The average molecular weight is 431 g/mol. The van der Waals surface area contributed by atoms with E-state index in [0.29, 0.717) is 12.2 Å². The number of ether oxygens (including phenoxy) is 1. The molecule has 2 aromatic rings. The first-order valence-corrected chi connectivity index (χ1v) is 11.4. The van der Waals surface area contributed by atoms with Gasteiger partial charge < -0.3 is 9.64 Å². The number of urea groups is 1. The van der Waals surface area contributed by atoms with Crippen molar-refractivity contribution in [3.63, 3.8) is 0 Å². The fourth-order valence-electron chi connectivity index (χ4n) is 4.00. The minimum Gasteiger partial charge on any atom is -0.495 e. The molecule has 2 aromatic carbocycles. The molecule has 30 heavy (non-hydrogen) atoms. The second kappa shape index (κ2) is 8.16. The third-order valence-electron chi connectivity index (χ3n) is 5.71. The van der Waals surface area contributed by atoms with Gasteiger partial charge in [-0.05, 0) is 24.3 Å². The van der Waals surface area contributed by atoms with Gasteiger partial charge >= 0.3 is 6.03 Å². The van der Waals surface area contributed by atoms with Crippen molar-refractivity contribution in [2.75, 3.05) is 63.2 Å². The fraction of sp³-hybridized carbons (Fsp3) is 0.381. The Balaban J connectivity index is 1.41. The number of hydrogen-bond donors (Lipinski definition) is 0. The third kappa shape index (κ3) is 3.59. The fourth-order valence-corrected chi connectivity index (χ4v) is 5.60. The highest BCUT2D eigenvalue weighted by Crippen LogP contribution is 2.33. The SMILES string of the molecule is COc1ccccc1N1CCN(CCN2C(=O)N(C)c3ccccc3S2(=O)=O)CC1. The molecule has 1 saturated heterocycles. The summed E-state index contributed by atoms with van der Waals surface area (Å²) in [4.78, 5) is 18.7. The number of sulfonamides is 1. The summed E-state index contributed by atoms with van der Waals surface area (Å²) >= 11 is 0. The number of anilines is 2. The smallest absolute Gasteiger partial charge is 0.338 e. The average Bonchev–Trinajstić information content (AvgIpc) is 2.78. The number of amides is 2.